The Bertz CT molecular complexity index is 2540. The van der Waals surface area contributed by atoms with Crippen molar-refractivity contribution in [1.29, 1.82) is 0 Å². The van der Waals surface area contributed by atoms with E-state index in [1.165, 1.54) is 0 Å². The Morgan fingerprint density at radius 3 is 0.287 bits per heavy atom. The van der Waals surface area contributed by atoms with E-state index in [0.29, 0.717) is 69.8 Å². The zero-order valence-corrected chi connectivity index (χ0v) is 49.2. The number of rotatable bonds is 12. The van der Waals surface area contributed by atoms with Gasteiger partial charge in [0.2, 0.25) is 0 Å². The van der Waals surface area contributed by atoms with Gasteiger partial charge in [-0.2, -0.15) is 0 Å². The zero-order chi connectivity index (χ0) is 53.6. The van der Waals surface area contributed by atoms with Gasteiger partial charge in [-0.05, 0) is 147 Å². The van der Waals surface area contributed by atoms with Crippen LogP contribution in [0.4, 0.5) is 69.8 Å². The first-order valence-corrected chi connectivity index (χ1v) is 23.9. The third kappa shape index (κ3) is 26.1. The van der Waals surface area contributed by atoms with Crippen LogP contribution < -0.4 is 0 Å². The summed E-state index contributed by atoms with van der Waals surface area (Å²) in [6.45, 7) is 0. The molecule has 2 radical (unpaired) electrons. The number of hydrogen-bond acceptors (Lipinski definition) is 12. The molecule has 0 aliphatic carbocycles. The summed E-state index contributed by atoms with van der Waals surface area (Å²) in [6, 6.07) is 67.2. The van der Waals surface area contributed by atoms with E-state index in [1.54, 1.807) is 74.4 Å². The molecule has 0 amide bonds. The predicted octanol–water partition coefficient (Wildman–Crippen LogP) is 16.9. The third-order valence-electron chi connectivity index (χ3n) is 9.17. The second-order valence-corrected chi connectivity index (χ2v) is 14.9. The normalized spacial score (nSPS) is 9.30. The Morgan fingerprint density at radius 2 is 0.225 bits per heavy atom. The molecule has 0 saturated heterocycles. The quantitative estimate of drug-likeness (QED) is 0.111. The van der Waals surface area contributed by atoms with Crippen LogP contribution in [0, 0.1) is 81.7 Å². The summed E-state index contributed by atoms with van der Waals surface area (Å²) in [5, 5.41) is 25.3. The smallest absolute Gasteiger partial charge is 0.369 e. The van der Waals surface area contributed by atoms with Gasteiger partial charge in [-0.15, -0.1) is 0 Å². The van der Waals surface area contributed by atoms with E-state index in [2.05, 4.69) is 91.7 Å². The van der Waals surface area contributed by atoms with Crippen LogP contribution in [0.25, 0.3) is 31.9 Å². The molecule has 0 spiro atoms. The summed E-state index contributed by atoms with van der Waals surface area (Å²) in [6.07, 6.45) is 20.5. The van der Waals surface area contributed by atoms with Gasteiger partial charge in [-0.25, -0.2) is 0 Å². The second-order valence-electron chi connectivity index (χ2n) is 14.9. The van der Waals surface area contributed by atoms with Crippen molar-refractivity contribution in [1.82, 2.24) is 59.8 Å². The largest absolute Gasteiger partial charge is 3.00 e. The second kappa shape index (κ2) is 38.8. The molecular formula is C60H48N18Nd2. The van der Waals surface area contributed by atoms with E-state index in [9.17, 15) is 0 Å². The van der Waals surface area contributed by atoms with Crippen molar-refractivity contribution in [3.05, 3.63) is 325 Å². The van der Waals surface area contributed by atoms with Gasteiger partial charge < -0.3 is 91.7 Å². The van der Waals surface area contributed by atoms with Crippen LogP contribution in [0.2, 0.25) is 0 Å². The molecule has 80 heavy (non-hydrogen) atoms. The van der Waals surface area contributed by atoms with Crippen molar-refractivity contribution in [2.45, 2.75) is 0 Å². The predicted molar refractivity (Wildman–Crippen MR) is 307 cm³/mol. The van der Waals surface area contributed by atoms with E-state index >= 15 is 0 Å². The summed E-state index contributed by atoms with van der Waals surface area (Å²) in [4.78, 5) is 48.8. The molecule has 0 aliphatic heterocycles. The SMILES string of the molecule is [Nd+3].[Nd+3].c1ccc([N-]c2ccccn2)nc1.c1ccc([N-]c2ccccn2)nc1.c1ccc([N-]c2ccccn2)nc1.c1ccc([N-]c2ccccn2)nc1.c1ccc([N-]c2ccccn2)nc1.c1ccc([N-]c2ccccn2)nc1. The van der Waals surface area contributed by atoms with Gasteiger partial charge in [0.15, 0.2) is 0 Å². The molecule has 12 aromatic heterocycles. The summed E-state index contributed by atoms with van der Waals surface area (Å²) in [5.41, 5.74) is 0. The van der Waals surface area contributed by atoms with Crippen LogP contribution in [0.15, 0.2) is 293 Å². The van der Waals surface area contributed by atoms with E-state index in [4.69, 9.17) is 0 Å². The van der Waals surface area contributed by atoms with Crippen LogP contribution in [-0.4, -0.2) is 59.8 Å². The molecule has 12 rings (SSSR count). The molecule has 386 valence electrons. The van der Waals surface area contributed by atoms with Gasteiger partial charge in [0, 0.05) is 69.8 Å². The van der Waals surface area contributed by atoms with Gasteiger partial charge in [-0.1, -0.05) is 146 Å². The molecule has 12 heterocycles. The molecule has 0 saturated carbocycles. The molecule has 0 N–H and O–H groups in total. The van der Waals surface area contributed by atoms with Crippen molar-refractivity contribution in [2.75, 3.05) is 0 Å². The van der Waals surface area contributed by atoms with Crippen LogP contribution >= 0.6 is 0 Å². The Balaban J connectivity index is 0.000000176. The first kappa shape index (κ1) is 62.1. The molecule has 0 aromatic carbocycles. The maximum atomic E-state index is 4.22. The zero-order valence-electron chi connectivity index (χ0n) is 42.8. The average Bonchev–Trinajstić information content (AvgIpc) is 3.51. The molecule has 0 fully saturated rings. The summed E-state index contributed by atoms with van der Waals surface area (Å²) in [5.74, 6) is 8.18. The van der Waals surface area contributed by atoms with Gasteiger partial charge >= 0.3 is 81.7 Å². The Morgan fingerprint density at radius 1 is 0.138 bits per heavy atom. The number of pyridine rings is 12. The Labute approximate surface area is 530 Å². The van der Waals surface area contributed by atoms with Crippen molar-refractivity contribution in [3.63, 3.8) is 0 Å². The maximum absolute atomic E-state index is 4.22. The van der Waals surface area contributed by atoms with E-state index in [0.717, 1.165) is 0 Å². The average molecular weight is 1310 g/mol. The molecule has 0 aliphatic rings. The van der Waals surface area contributed by atoms with Crippen molar-refractivity contribution >= 4 is 69.8 Å². The van der Waals surface area contributed by atoms with Crippen LogP contribution in [0.5, 0.6) is 0 Å². The Kier molecular flexibility index (Phi) is 30.1. The van der Waals surface area contributed by atoms with E-state index in [1.807, 2.05) is 218 Å². The molecule has 0 unspecified atom stereocenters. The van der Waals surface area contributed by atoms with Gasteiger partial charge in [0.05, 0.1) is 0 Å². The van der Waals surface area contributed by atoms with Crippen molar-refractivity contribution < 1.29 is 81.7 Å². The standard InChI is InChI=1S/6C10H8N3.2Nd/c6*1-3-7-11-9(5-1)13-10-6-2-4-8-12-10;;/h6*1-8H;;/q6*-1;2*+3. The summed E-state index contributed by atoms with van der Waals surface area (Å²) < 4.78 is 0. The third-order valence-corrected chi connectivity index (χ3v) is 9.17. The van der Waals surface area contributed by atoms with Gasteiger partial charge in [0.25, 0.3) is 0 Å². The van der Waals surface area contributed by atoms with E-state index in [-0.39, 0.29) is 81.7 Å². The van der Waals surface area contributed by atoms with Crippen molar-refractivity contribution in [2.24, 2.45) is 0 Å². The number of hydrogen-bond donors (Lipinski definition) is 0. The number of aromatic nitrogens is 12. The van der Waals surface area contributed by atoms with Crippen LogP contribution in [-0.2, 0) is 0 Å². The monoisotopic (exact) mass is 1300 g/mol. The maximum Gasteiger partial charge on any atom is 3.00 e. The molecule has 0 bridgehead atoms. The van der Waals surface area contributed by atoms with Gasteiger partial charge in [0.1, 0.15) is 0 Å². The first-order valence-electron chi connectivity index (χ1n) is 23.9. The molecule has 20 heteroatoms. The molecule has 12 aromatic rings. The topological polar surface area (TPSA) is 239 Å². The summed E-state index contributed by atoms with van der Waals surface area (Å²) >= 11 is 0. The summed E-state index contributed by atoms with van der Waals surface area (Å²) in [7, 11) is 0. The minimum atomic E-state index is 0. The van der Waals surface area contributed by atoms with Crippen LogP contribution in [0.1, 0.15) is 0 Å². The molecule has 18 nitrogen and oxygen atoms in total. The van der Waals surface area contributed by atoms with Crippen LogP contribution in [0.3, 0.4) is 0 Å². The van der Waals surface area contributed by atoms with E-state index < -0.39 is 0 Å². The Hall–Kier alpha value is -8.70. The van der Waals surface area contributed by atoms with Crippen molar-refractivity contribution in [3.8, 4) is 0 Å². The first-order chi connectivity index (χ1) is 38.7. The minimum Gasteiger partial charge on any atom is -0.369 e. The number of nitrogens with zero attached hydrogens (tertiary/aromatic N) is 18. The fourth-order valence-corrected chi connectivity index (χ4v) is 5.74. The fraction of sp³-hybridized carbons (Fsp3) is 0. The minimum absolute atomic E-state index is 0. The molecular weight excluding hydrogens is 1260 g/mol. The van der Waals surface area contributed by atoms with Gasteiger partial charge in [-0.3, -0.25) is 0 Å². The molecule has 0 atom stereocenters. The fourth-order valence-electron chi connectivity index (χ4n) is 5.74.